The van der Waals surface area contributed by atoms with Gasteiger partial charge in [-0.3, -0.25) is 4.98 Å². The molecule has 60 valence electrons. The summed E-state index contributed by atoms with van der Waals surface area (Å²) in [6.07, 6.45) is 1.90. The van der Waals surface area contributed by atoms with E-state index in [-0.39, 0.29) is 0 Å². The van der Waals surface area contributed by atoms with Crippen molar-refractivity contribution in [3.05, 3.63) is 41.4 Å². The predicted molar refractivity (Wildman–Crippen MR) is 52.3 cm³/mol. The van der Waals surface area contributed by atoms with Crippen LogP contribution in [-0.2, 0) is 0 Å². The molecule has 0 aliphatic rings. The zero-order chi connectivity index (χ0) is 8.39. The summed E-state index contributed by atoms with van der Waals surface area (Å²) in [5.41, 5.74) is 2.27. The van der Waals surface area contributed by atoms with Crippen molar-refractivity contribution in [3.8, 4) is 10.6 Å². The van der Waals surface area contributed by atoms with E-state index in [1.165, 1.54) is 10.4 Å². The van der Waals surface area contributed by atoms with Gasteiger partial charge in [0.2, 0.25) is 0 Å². The summed E-state index contributed by atoms with van der Waals surface area (Å²) < 4.78 is 0. The first-order valence-corrected chi connectivity index (χ1v) is 4.71. The summed E-state index contributed by atoms with van der Waals surface area (Å²) in [6, 6.07) is 8.27. The van der Waals surface area contributed by atoms with Crippen molar-refractivity contribution in [2.24, 2.45) is 0 Å². The van der Waals surface area contributed by atoms with E-state index in [1.54, 1.807) is 11.3 Å². The molecule has 0 bridgehead atoms. The van der Waals surface area contributed by atoms with Gasteiger partial charge >= 0.3 is 0 Å². The molecule has 2 aromatic rings. The highest BCUT2D eigenvalue weighted by molar-refractivity contribution is 7.13. The van der Waals surface area contributed by atoms with Crippen LogP contribution in [0.4, 0.5) is 0 Å². The lowest BCUT2D eigenvalue weighted by molar-refractivity contribution is 1.28. The molecule has 0 N–H and O–H groups in total. The molecule has 0 saturated heterocycles. The van der Waals surface area contributed by atoms with Crippen LogP contribution >= 0.6 is 11.3 Å². The average molecular weight is 175 g/mol. The molecule has 1 nitrogen and oxygen atoms in total. The van der Waals surface area contributed by atoms with Crippen LogP contribution in [-0.4, -0.2) is 4.98 Å². The molecule has 12 heavy (non-hydrogen) atoms. The molecule has 0 radical (unpaired) electrons. The van der Waals surface area contributed by atoms with E-state index >= 15 is 0 Å². The van der Waals surface area contributed by atoms with Gasteiger partial charge in [0.25, 0.3) is 0 Å². The molecule has 0 saturated carbocycles. The van der Waals surface area contributed by atoms with Crippen LogP contribution in [0.25, 0.3) is 10.6 Å². The highest BCUT2D eigenvalue weighted by atomic mass is 32.1. The van der Waals surface area contributed by atoms with Crippen molar-refractivity contribution in [3.63, 3.8) is 0 Å². The highest BCUT2D eigenvalue weighted by Crippen LogP contribution is 2.21. The van der Waals surface area contributed by atoms with Crippen LogP contribution in [0.2, 0.25) is 0 Å². The first-order chi connectivity index (χ1) is 5.86. The van der Waals surface area contributed by atoms with Gasteiger partial charge in [-0.25, -0.2) is 0 Å². The van der Waals surface area contributed by atoms with Crippen molar-refractivity contribution in [2.45, 2.75) is 6.92 Å². The number of pyridine rings is 1. The van der Waals surface area contributed by atoms with Gasteiger partial charge in [-0.1, -0.05) is 12.1 Å². The third-order valence-corrected chi connectivity index (χ3v) is 2.58. The minimum Gasteiger partial charge on any atom is -0.255 e. The van der Waals surface area contributed by atoms with Crippen molar-refractivity contribution in [1.29, 1.82) is 0 Å². The molecular formula is C10H9NS. The monoisotopic (exact) mass is 175 g/mol. The van der Waals surface area contributed by atoms with Gasteiger partial charge in [-0.15, -0.1) is 11.3 Å². The molecule has 0 spiro atoms. The first-order valence-electron chi connectivity index (χ1n) is 3.83. The highest BCUT2D eigenvalue weighted by Gasteiger charge is 1.97. The quantitative estimate of drug-likeness (QED) is 0.649. The second-order valence-corrected chi connectivity index (χ2v) is 3.65. The standard InChI is InChI=1S/C10H9NS/c1-8-4-5-9(11-7-8)10-3-2-6-12-10/h2-7H,1H3. The number of hydrogen-bond acceptors (Lipinski definition) is 2. The summed E-state index contributed by atoms with van der Waals surface area (Å²) in [5, 5.41) is 2.07. The lowest BCUT2D eigenvalue weighted by Crippen LogP contribution is -1.79. The first kappa shape index (κ1) is 7.50. The molecule has 2 aromatic heterocycles. The molecular weight excluding hydrogens is 166 g/mol. The zero-order valence-electron chi connectivity index (χ0n) is 6.82. The summed E-state index contributed by atoms with van der Waals surface area (Å²) in [5.74, 6) is 0. The Morgan fingerprint density at radius 1 is 1.25 bits per heavy atom. The molecule has 2 rings (SSSR count). The van der Waals surface area contributed by atoms with Gasteiger partial charge in [-0.05, 0) is 30.0 Å². The number of rotatable bonds is 1. The molecule has 0 unspecified atom stereocenters. The Morgan fingerprint density at radius 2 is 2.17 bits per heavy atom. The number of aromatic nitrogens is 1. The van der Waals surface area contributed by atoms with Crippen LogP contribution in [0, 0.1) is 6.92 Å². The Bertz CT molecular complexity index is 348. The van der Waals surface area contributed by atoms with E-state index in [4.69, 9.17) is 0 Å². The Kier molecular flexibility index (Phi) is 1.92. The molecule has 2 heteroatoms. The second kappa shape index (κ2) is 3.07. The number of hydrogen-bond donors (Lipinski definition) is 0. The van der Waals surface area contributed by atoms with Gasteiger partial charge in [0.05, 0.1) is 10.6 Å². The summed E-state index contributed by atoms with van der Waals surface area (Å²) >= 11 is 1.72. The summed E-state index contributed by atoms with van der Waals surface area (Å²) in [7, 11) is 0. The van der Waals surface area contributed by atoms with Crippen LogP contribution in [0.5, 0.6) is 0 Å². The molecule has 0 atom stereocenters. The molecule has 0 aliphatic heterocycles. The lowest BCUT2D eigenvalue weighted by Gasteiger charge is -1.95. The number of nitrogens with zero attached hydrogens (tertiary/aromatic N) is 1. The second-order valence-electron chi connectivity index (χ2n) is 2.70. The fourth-order valence-corrected chi connectivity index (χ4v) is 1.74. The van der Waals surface area contributed by atoms with Gasteiger partial charge in [0.1, 0.15) is 0 Å². The Hall–Kier alpha value is -1.15. The molecule has 2 heterocycles. The van der Waals surface area contributed by atoms with Crippen LogP contribution in [0.15, 0.2) is 35.8 Å². The maximum atomic E-state index is 4.33. The molecule has 0 aliphatic carbocycles. The van der Waals surface area contributed by atoms with Crippen molar-refractivity contribution >= 4 is 11.3 Å². The molecule has 0 fully saturated rings. The average Bonchev–Trinajstić information content (AvgIpc) is 2.58. The zero-order valence-corrected chi connectivity index (χ0v) is 7.64. The lowest BCUT2D eigenvalue weighted by atomic mass is 10.2. The molecule has 0 amide bonds. The van der Waals surface area contributed by atoms with Crippen LogP contribution in [0.1, 0.15) is 5.56 Å². The SMILES string of the molecule is Cc1ccc(-c2cccs2)nc1. The maximum Gasteiger partial charge on any atom is 0.0801 e. The fourth-order valence-electron chi connectivity index (χ4n) is 1.04. The maximum absolute atomic E-state index is 4.33. The third-order valence-electron chi connectivity index (χ3n) is 1.68. The minimum atomic E-state index is 1.07. The smallest absolute Gasteiger partial charge is 0.0801 e. The number of aryl methyl sites for hydroxylation is 1. The largest absolute Gasteiger partial charge is 0.255 e. The van der Waals surface area contributed by atoms with Crippen LogP contribution < -0.4 is 0 Å². The van der Waals surface area contributed by atoms with E-state index < -0.39 is 0 Å². The van der Waals surface area contributed by atoms with Crippen molar-refractivity contribution in [1.82, 2.24) is 4.98 Å². The minimum absolute atomic E-state index is 1.07. The normalized spacial score (nSPS) is 10.1. The van der Waals surface area contributed by atoms with Gasteiger partial charge < -0.3 is 0 Å². The van der Waals surface area contributed by atoms with E-state index in [9.17, 15) is 0 Å². The fraction of sp³-hybridized carbons (Fsp3) is 0.100. The molecule has 0 aromatic carbocycles. The Labute approximate surface area is 75.7 Å². The van der Waals surface area contributed by atoms with E-state index in [2.05, 4.69) is 28.6 Å². The van der Waals surface area contributed by atoms with E-state index in [0.717, 1.165) is 5.69 Å². The van der Waals surface area contributed by atoms with E-state index in [1.807, 2.05) is 19.2 Å². The summed E-state index contributed by atoms with van der Waals surface area (Å²) in [6.45, 7) is 2.05. The van der Waals surface area contributed by atoms with Crippen molar-refractivity contribution in [2.75, 3.05) is 0 Å². The van der Waals surface area contributed by atoms with Gasteiger partial charge in [-0.2, -0.15) is 0 Å². The van der Waals surface area contributed by atoms with Crippen molar-refractivity contribution < 1.29 is 0 Å². The topological polar surface area (TPSA) is 12.9 Å². The van der Waals surface area contributed by atoms with E-state index in [0.29, 0.717) is 0 Å². The van der Waals surface area contributed by atoms with Gasteiger partial charge in [0, 0.05) is 6.20 Å². The Morgan fingerprint density at radius 3 is 2.75 bits per heavy atom. The number of thiophene rings is 1. The predicted octanol–water partition coefficient (Wildman–Crippen LogP) is 3.12. The third kappa shape index (κ3) is 1.38. The Balaban J connectivity index is 2.43. The van der Waals surface area contributed by atoms with Crippen LogP contribution in [0.3, 0.4) is 0 Å². The van der Waals surface area contributed by atoms with Gasteiger partial charge in [0.15, 0.2) is 0 Å². The summed E-state index contributed by atoms with van der Waals surface area (Å²) in [4.78, 5) is 5.56.